The van der Waals surface area contributed by atoms with Gasteiger partial charge in [0.05, 0.1) is 79.3 Å². The topological polar surface area (TPSA) is 651 Å². The van der Waals surface area contributed by atoms with E-state index in [2.05, 4.69) is 53.6 Å². The second-order valence-electron chi connectivity index (χ2n) is 33.0. The molecule has 5 rings (SSSR count). The van der Waals surface area contributed by atoms with Gasteiger partial charge in [0, 0.05) is 221 Å². The maximum absolute atomic E-state index is 11.7. The van der Waals surface area contributed by atoms with Gasteiger partial charge in [0.15, 0.2) is 0 Å². The number of amides is 20. The van der Waals surface area contributed by atoms with Crippen LogP contribution in [0.2, 0.25) is 0 Å². The number of nitrogens with zero attached hydrogens (tertiary/aromatic N) is 5. The zero-order chi connectivity index (χ0) is 107. The second kappa shape index (κ2) is 85.7. The summed E-state index contributed by atoms with van der Waals surface area (Å²) in [6.45, 7) is 18.0. The smallest absolute Gasteiger partial charge is 0.253 e. The summed E-state index contributed by atoms with van der Waals surface area (Å²) in [5, 5.41) is 24.2. The van der Waals surface area contributed by atoms with Gasteiger partial charge in [-0.15, -0.1) is 0 Å². The summed E-state index contributed by atoms with van der Waals surface area (Å²) in [5.41, 5.74) is 4.47. The third-order valence-electron chi connectivity index (χ3n) is 20.2. The van der Waals surface area contributed by atoms with Gasteiger partial charge in [0.2, 0.25) is 59.1 Å². The predicted molar refractivity (Wildman–Crippen MR) is 516 cm³/mol. The Labute approximate surface area is 839 Å². The van der Waals surface area contributed by atoms with Crippen molar-refractivity contribution in [3.05, 3.63) is 60.8 Å². The third-order valence-corrected chi connectivity index (χ3v) is 20.2. The summed E-state index contributed by atoms with van der Waals surface area (Å²) in [6, 6.07) is 0. The highest BCUT2D eigenvalue weighted by Crippen LogP contribution is 2.13. The molecule has 11 N–H and O–H groups in total. The van der Waals surface area contributed by atoms with Crippen LogP contribution in [0, 0.1) is 29.6 Å². The zero-order valence-corrected chi connectivity index (χ0v) is 83.7. The number of aldehydes is 5. The van der Waals surface area contributed by atoms with Gasteiger partial charge in [-0.25, -0.2) is 0 Å². The molecule has 144 heavy (non-hydrogen) atoms. The van der Waals surface area contributed by atoms with Crippen LogP contribution >= 0.6 is 0 Å². The van der Waals surface area contributed by atoms with Crippen LogP contribution in [0.3, 0.4) is 0 Å². The number of ether oxygens (including phenoxy) is 8. The van der Waals surface area contributed by atoms with Crippen molar-refractivity contribution in [2.45, 2.75) is 170 Å². The Morgan fingerprint density at radius 3 is 0.528 bits per heavy atom. The van der Waals surface area contributed by atoms with Gasteiger partial charge in [0.1, 0.15) is 57.9 Å². The lowest BCUT2D eigenvalue weighted by atomic mass is 10.1. The molecule has 0 unspecified atom stereocenters. The van der Waals surface area contributed by atoms with Gasteiger partial charge >= 0.3 is 0 Å². The fourth-order valence-corrected chi connectivity index (χ4v) is 12.0. The highest BCUT2D eigenvalue weighted by atomic mass is 16.5. The van der Waals surface area contributed by atoms with Gasteiger partial charge in [0.25, 0.3) is 59.1 Å². The number of hydrogen-bond donors (Lipinski definition) is 10. The molecule has 20 amide bonds. The largest absolute Gasteiger partial charge is 0.377 e. The number of unbranched alkanes of at least 4 members (excludes halogenated alkanes) is 5. The molecule has 0 aliphatic carbocycles. The van der Waals surface area contributed by atoms with Crippen molar-refractivity contribution in [3.8, 4) is 0 Å². The molecule has 0 aromatic heterocycles. The Hall–Kier alpha value is -12.9. The molecule has 5 atom stereocenters. The van der Waals surface area contributed by atoms with Crippen molar-refractivity contribution in [1.29, 1.82) is 0 Å². The van der Waals surface area contributed by atoms with Crippen LogP contribution in [0.4, 0.5) is 0 Å². The van der Waals surface area contributed by atoms with Gasteiger partial charge in [-0.1, -0.05) is 66.7 Å². The van der Waals surface area contributed by atoms with E-state index in [4.69, 9.17) is 37.9 Å². The molecule has 0 fully saturated rings. The van der Waals surface area contributed by atoms with E-state index in [0.717, 1.165) is 152 Å². The fourth-order valence-electron chi connectivity index (χ4n) is 12.0. The Morgan fingerprint density at radius 1 is 0.236 bits per heavy atom. The van der Waals surface area contributed by atoms with Gasteiger partial charge < -0.3 is 115 Å². The van der Waals surface area contributed by atoms with Crippen LogP contribution in [0.1, 0.15) is 170 Å². The van der Waals surface area contributed by atoms with Crippen molar-refractivity contribution in [2.24, 2.45) is 35.3 Å². The molecule has 5 heterocycles. The summed E-state index contributed by atoms with van der Waals surface area (Å²) in [4.78, 5) is 285. The first-order valence-corrected chi connectivity index (χ1v) is 48.2. The van der Waals surface area contributed by atoms with Crippen LogP contribution < -0.4 is 53.6 Å². The average Bonchev–Trinajstić information content (AvgIpc) is 1.76. The monoisotopic (exact) mass is 2040 g/mol. The summed E-state index contributed by atoms with van der Waals surface area (Å²) in [7, 11) is 0. The van der Waals surface area contributed by atoms with E-state index in [1.807, 2.05) is 34.6 Å². The Morgan fingerprint density at radius 2 is 0.375 bits per heavy atom. The van der Waals surface area contributed by atoms with Crippen molar-refractivity contribution >= 4 is 150 Å². The first-order valence-electron chi connectivity index (χ1n) is 48.2. The maximum Gasteiger partial charge on any atom is 0.253 e. The SMILES string of the molecule is CC(N)=O.C[C@H](C=O)CCCCNC(=O)CCN1C(=O)C=CC1=O.C[C@H](C=O)CCCCNC(=O)COCCOCCNC(=O)CCN1C(=O)C=CC1=O.C[C@H](C=O)CCCCNC(=O)COCCOCCNC(=O)CCN1C(=O)C=CC1=O.C[C@H](C=O)CCCCNC(=O)COCCOCCNC(=O)CCN1C(=O)C=CC1=O.C[C@H](C=O)CCCCNC(=O)COCCOCCNC(=O)CCN1C(=O)C=CC1=O. The van der Waals surface area contributed by atoms with E-state index in [1.54, 1.807) is 0 Å². The van der Waals surface area contributed by atoms with E-state index in [0.29, 0.717) is 58.9 Å². The normalized spacial score (nSPS) is 14.1. The van der Waals surface area contributed by atoms with Crippen molar-refractivity contribution < 1.29 is 158 Å². The first kappa shape index (κ1) is 131. The molecule has 5 aliphatic rings. The molecule has 0 aromatic carbocycles. The van der Waals surface area contributed by atoms with Crippen LogP contribution in [-0.2, 0) is 158 Å². The molecular formula is C96H149N15O33. The minimum atomic E-state index is -0.408. The number of hydrogen-bond acceptors (Lipinski definition) is 33. The molecule has 0 saturated heterocycles. The Kier molecular flexibility index (Phi) is 78.0. The number of carbonyl (C=O) groups is 25. The lowest BCUT2D eigenvalue weighted by molar-refractivity contribution is -0.139. The number of rotatable bonds is 77. The van der Waals surface area contributed by atoms with Crippen LogP contribution in [0.15, 0.2) is 60.8 Å². The Balaban J connectivity index is 0.00000177. The van der Waals surface area contributed by atoms with E-state index >= 15 is 0 Å². The maximum atomic E-state index is 11.7. The minimum absolute atomic E-state index is 0.0352. The van der Waals surface area contributed by atoms with Gasteiger partial charge in [-0.05, 0) is 64.2 Å². The van der Waals surface area contributed by atoms with Crippen molar-refractivity contribution in [3.63, 3.8) is 0 Å². The molecule has 0 bridgehead atoms. The molecule has 48 heteroatoms. The van der Waals surface area contributed by atoms with Crippen molar-refractivity contribution in [1.82, 2.24) is 72.4 Å². The van der Waals surface area contributed by atoms with Crippen molar-refractivity contribution in [2.75, 3.05) is 197 Å². The molecule has 5 aliphatic heterocycles. The van der Waals surface area contributed by atoms with E-state index in [1.165, 1.54) is 67.7 Å². The number of carbonyl (C=O) groups excluding carboxylic acids is 25. The predicted octanol–water partition coefficient (Wildman–Crippen LogP) is -1.80. The minimum Gasteiger partial charge on any atom is -0.377 e. The van der Waals surface area contributed by atoms with Gasteiger partial charge in [-0.2, -0.15) is 0 Å². The molecule has 806 valence electrons. The summed E-state index contributed by atoms with van der Waals surface area (Å²) < 4.78 is 42.0. The number of nitrogens with two attached hydrogens (primary N) is 1. The number of primary amides is 1. The van der Waals surface area contributed by atoms with E-state index < -0.39 is 47.3 Å². The zero-order valence-electron chi connectivity index (χ0n) is 83.7. The Bertz CT molecular complexity index is 3660. The summed E-state index contributed by atoms with van der Waals surface area (Å²) in [5.74, 6) is -6.14. The highest BCUT2D eigenvalue weighted by molar-refractivity contribution is 6.15. The summed E-state index contributed by atoms with van der Waals surface area (Å²) in [6.07, 6.45) is 29.4. The molecule has 0 aromatic rings. The molecule has 0 saturated carbocycles. The van der Waals surface area contributed by atoms with E-state index in [9.17, 15) is 120 Å². The third kappa shape index (κ3) is 72.4. The van der Waals surface area contributed by atoms with Crippen LogP contribution in [0.25, 0.3) is 0 Å². The average molecular weight is 2040 g/mol. The standard InChI is InChI=1S/4C20H31N3O7.C14H20N2O4.C2H5NO/c4*1-16(14-24)4-2-3-8-21-18(26)15-30-13-12-29-11-9-22-17(25)7-10-23-19(27)5-6-20(23)28;1-11(10-17)4-2-3-8-15-12(18)7-9-16-13(19)5-6-14(16)20;1-2(3)4/h4*5-6,14,16H,2-4,7-13,15H2,1H3,(H,21,26)(H,22,25);5-6,10-11H,2-4,7-9H2,1H3,(H,15,18);1H3,(H2,3,4)/t4*16-;11-;/m00000./s1. The second-order valence-corrected chi connectivity index (χ2v) is 33.0. The number of nitrogens with one attached hydrogen (secondary N) is 9. The summed E-state index contributed by atoms with van der Waals surface area (Å²) >= 11 is 0. The van der Waals surface area contributed by atoms with Gasteiger partial charge in [-0.3, -0.25) is 120 Å². The molecule has 48 nitrogen and oxygen atoms in total. The van der Waals surface area contributed by atoms with Crippen LogP contribution in [0.5, 0.6) is 0 Å². The molecule has 0 spiro atoms. The lowest BCUT2D eigenvalue weighted by Gasteiger charge is -2.13. The molecule has 0 radical (unpaired) electrons. The highest BCUT2D eigenvalue weighted by Gasteiger charge is 2.29. The molecular weight excluding hydrogens is 1890 g/mol. The van der Waals surface area contributed by atoms with E-state index in [-0.39, 0.29) is 271 Å². The lowest BCUT2D eigenvalue weighted by Crippen LogP contribution is -2.35. The quantitative estimate of drug-likeness (QED) is 0.0182. The first-order chi connectivity index (χ1) is 69.0. The fraction of sp³-hybridized carbons (Fsp3) is 0.635. The van der Waals surface area contributed by atoms with Crippen LogP contribution in [-0.4, -0.2) is 371 Å². The number of imide groups is 5.